The predicted octanol–water partition coefficient (Wildman–Crippen LogP) is 4.79. The number of hydrogen-bond donors (Lipinski definition) is 1. The van der Waals surface area contributed by atoms with Crippen LogP contribution in [0.2, 0.25) is 10.0 Å². The fraction of sp³-hybridized carbons (Fsp3) is 0.100. The van der Waals surface area contributed by atoms with Crippen LogP contribution < -0.4 is 10.2 Å². The second-order valence-corrected chi connectivity index (χ2v) is 6.82. The van der Waals surface area contributed by atoms with Gasteiger partial charge in [0.05, 0.1) is 22.2 Å². The molecule has 0 aliphatic heterocycles. The van der Waals surface area contributed by atoms with Gasteiger partial charge in [0.25, 0.3) is 0 Å². The van der Waals surface area contributed by atoms with Gasteiger partial charge in [0.15, 0.2) is 0 Å². The van der Waals surface area contributed by atoms with E-state index < -0.39 is 5.95 Å². The Hall–Kier alpha value is -3.03. The molecule has 1 aromatic carbocycles. The van der Waals surface area contributed by atoms with Gasteiger partial charge in [-0.05, 0) is 23.8 Å². The van der Waals surface area contributed by atoms with Crippen LogP contribution in [-0.2, 0) is 16.0 Å². The van der Waals surface area contributed by atoms with Crippen molar-refractivity contribution >= 4 is 52.2 Å². The average Bonchev–Trinajstić information content (AvgIpc) is 2.66. The van der Waals surface area contributed by atoms with Gasteiger partial charge in [0.2, 0.25) is 17.8 Å². The highest BCUT2D eigenvalue weighted by Gasteiger charge is 2.17. The number of halogens is 3. The Kier molecular flexibility index (Phi) is 6.41. The zero-order valence-electron chi connectivity index (χ0n) is 15.2. The lowest BCUT2D eigenvalue weighted by molar-refractivity contribution is -0.116. The molecule has 3 rings (SSSR count). The van der Waals surface area contributed by atoms with Crippen molar-refractivity contribution in [3.8, 4) is 0 Å². The summed E-state index contributed by atoms with van der Waals surface area (Å²) in [5.41, 5.74) is 1.27. The van der Waals surface area contributed by atoms with E-state index in [9.17, 15) is 14.0 Å². The first-order valence-electron chi connectivity index (χ1n) is 8.46. The third-order valence-electron chi connectivity index (χ3n) is 3.92. The minimum absolute atomic E-state index is 0.0169. The van der Waals surface area contributed by atoms with Crippen LogP contribution in [0.4, 0.5) is 21.6 Å². The number of nitrogens with zero attached hydrogens (tertiary/aromatic N) is 3. The molecule has 2 aromatic heterocycles. The first-order valence-corrected chi connectivity index (χ1v) is 9.22. The number of hydrogen-bond acceptors (Lipinski definition) is 4. The quantitative estimate of drug-likeness (QED) is 0.588. The Labute approximate surface area is 176 Å². The number of benzene rings is 1. The van der Waals surface area contributed by atoms with Crippen molar-refractivity contribution in [2.75, 3.05) is 10.2 Å². The molecule has 0 aliphatic rings. The molecule has 2 amide bonds. The Bertz CT molecular complexity index is 1080. The molecule has 0 radical (unpaired) electrons. The van der Waals surface area contributed by atoms with E-state index in [2.05, 4.69) is 15.3 Å². The van der Waals surface area contributed by atoms with Crippen LogP contribution in [0.1, 0.15) is 12.5 Å². The summed E-state index contributed by atoms with van der Waals surface area (Å²) in [6.07, 6.45) is 2.70. The summed E-state index contributed by atoms with van der Waals surface area (Å²) in [4.78, 5) is 33.4. The highest BCUT2D eigenvalue weighted by molar-refractivity contribution is 6.42. The molecular formula is C20H15Cl2FN4O2. The summed E-state index contributed by atoms with van der Waals surface area (Å²) in [5, 5.41) is 3.42. The molecule has 6 nitrogen and oxygen atoms in total. The summed E-state index contributed by atoms with van der Waals surface area (Å²) < 4.78 is 13.5. The molecule has 3 aromatic rings. The van der Waals surface area contributed by atoms with E-state index in [-0.39, 0.29) is 29.7 Å². The topological polar surface area (TPSA) is 75.2 Å². The number of carbonyl (C=O) groups excluding carboxylic acids is 2. The molecule has 0 unspecified atom stereocenters. The number of amides is 2. The maximum Gasteiger partial charge on any atom is 0.229 e. The standard InChI is InChI=1S/C20H15Cl2FN4O2/c1-12(28)27(15-6-8-24-17(23)11-15)18-10-14(5-7-25-18)26-19(29)9-13-3-2-4-16(21)20(13)22/h2-8,10-11H,9H2,1H3,(H,25,26,29). The lowest BCUT2D eigenvalue weighted by Crippen LogP contribution is -2.24. The van der Waals surface area contributed by atoms with Crippen molar-refractivity contribution in [1.82, 2.24) is 9.97 Å². The Morgan fingerprint density at radius 3 is 2.59 bits per heavy atom. The molecule has 0 bridgehead atoms. The summed E-state index contributed by atoms with van der Waals surface area (Å²) in [7, 11) is 0. The molecule has 9 heteroatoms. The van der Waals surface area contributed by atoms with Crippen LogP contribution in [0.3, 0.4) is 0 Å². The van der Waals surface area contributed by atoms with Crippen LogP contribution in [0.5, 0.6) is 0 Å². The van der Waals surface area contributed by atoms with E-state index >= 15 is 0 Å². The number of pyridine rings is 2. The molecule has 2 heterocycles. The summed E-state index contributed by atoms with van der Waals surface area (Å²) >= 11 is 12.1. The van der Waals surface area contributed by atoms with Crippen LogP contribution in [0.15, 0.2) is 54.9 Å². The first-order chi connectivity index (χ1) is 13.8. The molecule has 148 valence electrons. The third-order valence-corrected chi connectivity index (χ3v) is 4.78. The molecule has 1 N–H and O–H groups in total. The van der Waals surface area contributed by atoms with Crippen molar-refractivity contribution in [3.05, 3.63) is 76.4 Å². The second kappa shape index (κ2) is 8.98. The highest BCUT2D eigenvalue weighted by atomic mass is 35.5. The predicted molar refractivity (Wildman–Crippen MR) is 110 cm³/mol. The van der Waals surface area contributed by atoms with E-state index in [1.807, 2.05) is 0 Å². The number of aromatic nitrogens is 2. The van der Waals surface area contributed by atoms with Crippen molar-refractivity contribution in [2.45, 2.75) is 13.3 Å². The van der Waals surface area contributed by atoms with Gasteiger partial charge in [-0.1, -0.05) is 35.3 Å². The second-order valence-electron chi connectivity index (χ2n) is 6.03. The summed E-state index contributed by atoms with van der Waals surface area (Å²) in [6.45, 7) is 1.33. The molecule has 0 saturated heterocycles. The Morgan fingerprint density at radius 1 is 1.10 bits per heavy atom. The Balaban J connectivity index is 1.82. The van der Waals surface area contributed by atoms with Gasteiger partial charge in [-0.25, -0.2) is 9.97 Å². The van der Waals surface area contributed by atoms with E-state index in [1.165, 1.54) is 36.4 Å². The van der Waals surface area contributed by atoms with Gasteiger partial charge in [-0.15, -0.1) is 0 Å². The molecule has 0 atom stereocenters. The molecule has 0 saturated carbocycles. The maximum atomic E-state index is 13.5. The SMILES string of the molecule is CC(=O)N(c1ccnc(F)c1)c1cc(NC(=O)Cc2cccc(Cl)c2Cl)ccn1. The molecular weight excluding hydrogens is 418 g/mol. The normalized spacial score (nSPS) is 10.5. The monoisotopic (exact) mass is 432 g/mol. The molecule has 0 spiro atoms. The van der Waals surface area contributed by atoms with E-state index in [0.717, 1.165) is 6.07 Å². The molecule has 29 heavy (non-hydrogen) atoms. The lowest BCUT2D eigenvalue weighted by atomic mass is 10.1. The van der Waals surface area contributed by atoms with Crippen LogP contribution in [-0.4, -0.2) is 21.8 Å². The zero-order chi connectivity index (χ0) is 21.0. The molecule has 0 fully saturated rings. The maximum absolute atomic E-state index is 13.5. The van der Waals surface area contributed by atoms with Crippen LogP contribution in [0, 0.1) is 5.95 Å². The van der Waals surface area contributed by atoms with Crippen LogP contribution in [0.25, 0.3) is 0 Å². The fourth-order valence-corrected chi connectivity index (χ4v) is 3.08. The lowest BCUT2D eigenvalue weighted by Gasteiger charge is -2.20. The average molecular weight is 433 g/mol. The third kappa shape index (κ3) is 5.07. The van der Waals surface area contributed by atoms with Gasteiger partial charge in [-0.3, -0.25) is 14.5 Å². The highest BCUT2D eigenvalue weighted by Crippen LogP contribution is 2.27. The van der Waals surface area contributed by atoms with Crippen molar-refractivity contribution in [3.63, 3.8) is 0 Å². The number of rotatable bonds is 5. The summed E-state index contributed by atoms with van der Waals surface area (Å²) in [5.74, 6) is -1.20. The van der Waals surface area contributed by atoms with Gasteiger partial charge in [0, 0.05) is 37.1 Å². The van der Waals surface area contributed by atoms with Gasteiger partial charge >= 0.3 is 0 Å². The number of carbonyl (C=O) groups is 2. The van der Waals surface area contributed by atoms with Gasteiger partial charge < -0.3 is 5.32 Å². The summed E-state index contributed by atoms with van der Waals surface area (Å²) in [6, 6.07) is 10.7. The number of nitrogens with one attached hydrogen (secondary N) is 1. The zero-order valence-corrected chi connectivity index (χ0v) is 16.7. The fourth-order valence-electron chi connectivity index (χ4n) is 2.69. The smallest absolute Gasteiger partial charge is 0.229 e. The van der Waals surface area contributed by atoms with E-state index in [1.54, 1.807) is 24.3 Å². The van der Waals surface area contributed by atoms with Crippen molar-refractivity contribution in [2.24, 2.45) is 0 Å². The Morgan fingerprint density at radius 2 is 1.86 bits per heavy atom. The van der Waals surface area contributed by atoms with Gasteiger partial charge in [-0.2, -0.15) is 4.39 Å². The van der Waals surface area contributed by atoms with E-state index in [4.69, 9.17) is 23.2 Å². The van der Waals surface area contributed by atoms with Gasteiger partial charge in [0.1, 0.15) is 5.82 Å². The van der Waals surface area contributed by atoms with Crippen molar-refractivity contribution in [1.29, 1.82) is 0 Å². The van der Waals surface area contributed by atoms with E-state index in [0.29, 0.717) is 21.3 Å². The van der Waals surface area contributed by atoms with Crippen molar-refractivity contribution < 1.29 is 14.0 Å². The molecule has 0 aliphatic carbocycles. The van der Waals surface area contributed by atoms with Crippen LogP contribution >= 0.6 is 23.2 Å². The largest absolute Gasteiger partial charge is 0.326 e. The minimum atomic E-state index is -0.725. The first kappa shape index (κ1) is 20.7. The minimum Gasteiger partial charge on any atom is -0.326 e. The number of anilines is 3.